The van der Waals surface area contributed by atoms with Crippen LogP contribution in [0.25, 0.3) is 0 Å². The summed E-state index contributed by atoms with van der Waals surface area (Å²) in [5.41, 5.74) is 2.33. The molecule has 1 aliphatic rings. The number of hydrogen-bond acceptors (Lipinski definition) is 3. The largest absolute Gasteiger partial charge is 0.497 e. The standard InChI is InChI=1S/C17H18BrNO2/c1-19-15-10-17(21-16-6-4-3-5-12(15)16)13-9-11(20-2)7-8-14(13)18/h3-9,15,17,19H,10H2,1-2H3. The lowest BCUT2D eigenvalue weighted by molar-refractivity contribution is 0.153. The lowest BCUT2D eigenvalue weighted by Crippen LogP contribution is -2.26. The topological polar surface area (TPSA) is 30.5 Å². The summed E-state index contributed by atoms with van der Waals surface area (Å²) in [6, 6.07) is 14.5. The zero-order valence-electron chi connectivity index (χ0n) is 12.1. The lowest BCUT2D eigenvalue weighted by atomic mass is 9.93. The van der Waals surface area contributed by atoms with Crippen molar-refractivity contribution in [2.75, 3.05) is 14.2 Å². The Kier molecular flexibility index (Phi) is 4.17. The molecule has 1 heterocycles. The molecule has 0 saturated heterocycles. The van der Waals surface area contributed by atoms with Crippen LogP contribution in [0.3, 0.4) is 0 Å². The molecule has 3 nitrogen and oxygen atoms in total. The number of hydrogen-bond donors (Lipinski definition) is 1. The molecule has 0 amide bonds. The molecule has 0 aliphatic carbocycles. The maximum Gasteiger partial charge on any atom is 0.127 e. The quantitative estimate of drug-likeness (QED) is 0.900. The number of methoxy groups -OCH3 is 1. The van der Waals surface area contributed by atoms with Crippen molar-refractivity contribution < 1.29 is 9.47 Å². The van der Waals surface area contributed by atoms with Crippen LogP contribution < -0.4 is 14.8 Å². The van der Waals surface area contributed by atoms with Gasteiger partial charge in [0.2, 0.25) is 0 Å². The molecule has 0 fully saturated rings. The Morgan fingerprint density at radius 3 is 2.76 bits per heavy atom. The van der Waals surface area contributed by atoms with Gasteiger partial charge in [0.25, 0.3) is 0 Å². The monoisotopic (exact) mass is 347 g/mol. The maximum absolute atomic E-state index is 6.20. The molecule has 4 heteroatoms. The predicted octanol–water partition coefficient (Wildman–Crippen LogP) is 4.24. The Bertz CT molecular complexity index is 644. The highest BCUT2D eigenvalue weighted by molar-refractivity contribution is 9.10. The van der Waals surface area contributed by atoms with Gasteiger partial charge >= 0.3 is 0 Å². The molecule has 0 spiro atoms. The first-order valence-electron chi connectivity index (χ1n) is 6.99. The fourth-order valence-corrected chi connectivity index (χ4v) is 3.28. The minimum Gasteiger partial charge on any atom is -0.497 e. The predicted molar refractivity (Wildman–Crippen MR) is 86.9 cm³/mol. The van der Waals surface area contributed by atoms with Gasteiger partial charge in [-0.2, -0.15) is 0 Å². The molecule has 1 aliphatic heterocycles. The molecule has 2 unspecified atom stereocenters. The van der Waals surface area contributed by atoms with Crippen LogP contribution >= 0.6 is 15.9 Å². The molecule has 110 valence electrons. The van der Waals surface area contributed by atoms with Crippen molar-refractivity contribution in [3.05, 3.63) is 58.1 Å². The van der Waals surface area contributed by atoms with Crippen molar-refractivity contribution in [1.82, 2.24) is 5.32 Å². The molecule has 2 aromatic carbocycles. The van der Waals surface area contributed by atoms with Gasteiger partial charge in [-0.1, -0.05) is 34.1 Å². The van der Waals surface area contributed by atoms with Crippen LogP contribution in [0.1, 0.15) is 29.7 Å². The van der Waals surface area contributed by atoms with E-state index in [1.165, 1.54) is 5.56 Å². The van der Waals surface area contributed by atoms with Crippen LogP contribution in [0.4, 0.5) is 0 Å². The number of para-hydroxylation sites is 1. The van der Waals surface area contributed by atoms with E-state index in [0.29, 0.717) is 0 Å². The minimum absolute atomic E-state index is 0.00169. The third-order valence-electron chi connectivity index (χ3n) is 3.91. The number of rotatable bonds is 3. The van der Waals surface area contributed by atoms with Crippen molar-refractivity contribution in [3.8, 4) is 11.5 Å². The maximum atomic E-state index is 6.20. The van der Waals surface area contributed by atoms with Crippen LogP contribution in [0.5, 0.6) is 11.5 Å². The number of ether oxygens (including phenoxy) is 2. The van der Waals surface area contributed by atoms with E-state index in [0.717, 1.165) is 28.0 Å². The molecule has 2 aromatic rings. The minimum atomic E-state index is 0.00169. The molecule has 0 saturated carbocycles. The van der Waals surface area contributed by atoms with E-state index >= 15 is 0 Å². The first-order valence-corrected chi connectivity index (χ1v) is 7.78. The van der Waals surface area contributed by atoms with Gasteiger partial charge in [-0.05, 0) is 31.3 Å². The van der Waals surface area contributed by atoms with Crippen LogP contribution in [-0.2, 0) is 0 Å². The van der Waals surface area contributed by atoms with Gasteiger partial charge in [-0.15, -0.1) is 0 Å². The van der Waals surface area contributed by atoms with Gasteiger partial charge in [0.15, 0.2) is 0 Å². The fraction of sp³-hybridized carbons (Fsp3) is 0.294. The highest BCUT2D eigenvalue weighted by atomic mass is 79.9. The average molecular weight is 348 g/mol. The first-order chi connectivity index (χ1) is 10.2. The highest BCUT2D eigenvalue weighted by Crippen LogP contribution is 2.42. The van der Waals surface area contributed by atoms with E-state index in [2.05, 4.69) is 27.3 Å². The molecular weight excluding hydrogens is 330 g/mol. The Morgan fingerprint density at radius 2 is 2.00 bits per heavy atom. The third kappa shape index (κ3) is 2.78. The van der Waals surface area contributed by atoms with Gasteiger partial charge in [-0.25, -0.2) is 0 Å². The summed E-state index contributed by atoms with van der Waals surface area (Å²) >= 11 is 3.62. The number of halogens is 1. The molecule has 0 aromatic heterocycles. The van der Waals surface area contributed by atoms with Crippen LogP contribution in [0.2, 0.25) is 0 Å². The molecular formula is C17H18BrNO2. The van der Waals surface area contributed by atoms with Crippen LogP contribution in [0, 0.1) is 0 Å². The Balaban J connectivity index is 1.98. The van der Waals surface area contributed by atoms with E-state index in [9.17, 15) is 0 Å². The molecule has 1 N–H and O–H groups in total. The van der Waals surface area contributed by atoms with Crippen LogP contribution in [-0.4, -0.2) is 14.2 Å². The van der Waals surface area contributed by atoms with E-state index in [1.807, 2.05) is 43.4 Å². The summed E-state index contributed by atoms with van der Waals surface area (Å²) in [5, 5.41) is 3.38. The van der Waals surface area contributed by atoms with Crippen molar-refractivity contribution in [1.29, 1.82) is 0 Å². The fourth-order valence-electron chi connectivity index (χ4n) is 2.78. The zero-order chi connectivity index (χ0) is 14.8. The van der Waals surface area contributed by atoms with Gasteiger partial charge in [0, 0.05) is 28.1 Å². The molecule has 0 radical (unpaired) electrons. The van der Waals surface area contributed by atoms with E-state index in [-0.39, 0.29) is 12.1 Å². The van der Waals surface area contributed by atoms with Gasteiger partial charge in [0.05, 0.1) is 7.11 Å². The molecule has 21 heavy (non-hydrogen) atoms. The van der Waals surface area contributed by atoms with Crippen molar-refractivity contribution in [2.24, 2.45) is 0 Å². The van der Waals surface area contributed by atoms with E-state index < -0.39 is 0 Å². The Hall–Kier alpha value is -1.52. The summed E-state index contributed by atoms with van der Waals surface area (Å²) in [5.74, 6) is 1.79. The zero-order valence-corrected chi connectivity index (χ0v) is 13.7. The normalized spacial score (nSPS) is 20.5. The summed E-state index contributed by atoms with van der Waals surface area (Å²) in [7, 11) is 3.67. The number of fused-ring (bicyclic) bond motifs is 1. The van der Waals surface area contributed by atoms with Crippen molar-refractivity contribution in [2.45, 2.75) is 18.6 Å². The third-order valence-corrected chi connectivity index (χ3v) is 4.63. The van der Waals surface area contributed by atoms with Gasteiger partial charge in [-0.3, -0.25) is 0 Å². The summed E-state index contributed by atoms with van der Waals surface area (Å²) in [4.78, 5) is 0. The second-order valence-corrected chi connectivity index (χ2v) is 5.96. The van der Waals surface area contributed by atoms with Crippen LogP contribution in [0.15, 0.2) is 46.9 Å². The van der Waals surface area contributed by atoms with E-state index in [4.69, 9.17) is 9.47 Å². The van der Waals surface area contributed by atoms with Gasteiger partial charge in [0.1, 0.15) is 17.6 Å². The molecule has 0 bridgehead atoms. The average Bonchev–Trinajstić information content (AvgIpc) is 2.54. The molecule has 3 rings (SSSR count). The summed E-state index contributed by atoms with van der Waals surface area (Å²) < 4.78 is 12.6. The molecule has 2 atom stereocenters. The SMILES string of the molecule is CNC1CC(c2cc(OC)ccc2Br)Oc2ccccc21. The highest BCUT2D eigenvalue weighted by Gasteiger charge is 2.29. The number of benzene rings is 2. The lowest BCUT2D eigenvalue weighted by Gasteiger charge is -2.32. The first kappa shape index (κ1) is 14.4. The van der Waals surface area contributed by atoms with Crippen molar-refractivity contribution in [3.63, 3.8) is 0 Å². The van der Waals surface area contributed by atoms with E-state index in [1.54, 1.807) is 7.11 Å². The van der Waals surface area contributed by atoms with Crippen molar-refractivity contribution >= 4 is 15.9 Å². The smallest absolute Gasteiger partial charge is 0.127 e. The summed E-state index contributed by atoms with van der Waals surface area (Å²) in [6.45, 7) is 0. The second kappa shape index (κ2) is 6.08. The Labute approximate surface area is 133 Å². The van der Waals surface area contributed by atoms with Gasteiger partial charge < -0.3 is 14.8 Å². The Morgan fingerprint density at radius 1 is 1.19 bits per heavy atom. The summed E-state index contributed by atoms with van der Waals surface area (Å²) in [6.07, 6.45) is 0.890. The second-order valence-electron chi connectivity index (χ2n) is 5.11. The number of nitrogens with one attached hydrogen (secondary N) is 1.